The number of anilines is 1. The lowest BCUT2D eigenvalue weighted by Crippen LogP contribution is -2.45. The zero-order valence-corrected chi connectivity index (χ0v) is 12.4. The number of carboxylic acids is 1. The molecule has 1 N–H and O–H groups in total. The monoisotopic (exact) mass is 295 g/mol. The molecule has 3 nitrogen and oxygen atoms in total. The fourth-order valence-corrected chi connectivity index (χ4v) is 3.45. The minimum absolute atomic E-state index is 0.330. The Morgan fingerprint density at radius 2 is 2.25 bits per heavy atom. The van der Waals surface area contributed by atoms with E-state index in [-0.39, 0.29) is 5.82 Å². The molecule has 1 aliphatic heterocycles. The van der Waals surface area contributed by atoms with Crippen molar-refractivity contribution in [3.8, 4) is 0 Å². The van der Waals surface area contributed by atoms with Gasteiger partial charge in [0, 0.05) is 40.9 Å². The van der Waals surface area contributed by atoms with Crippen molar-refractivity contribution in [2.24, 2.45) is 0 Å². The van der Waals surface area contributed by atoms with Crippen LogP contribution in [0.15, 0.2) is 24.3 Å². The van der Waals surface area contributed by atoms with E-state index in [1.807, 2.05) is 11.8 Å². The predicted octanol–water partition coefficient (Wildman–Crippen LogP) is 3.25. The van der Waals surface area contributed by atoms with Crippen LogP contribution in [0, 0.1) is 5.82 Å². The maximum absolute atomic E-state index is 13.4. The molecule has 1 heterocycles. The molecule has 5 heteroatoms. The molecule has 108 valence electrons. The number of rotatable bonds is 3. The molecule has 0 aliphatic carbocycles. The first-order chi connectivity index (χ1) is 9.49. The molecule has 1 aromatic rings. The normalized spacial score (nSPS) is 23.2. The van der Waals surface area contributed by atoms with E-state index in [1.54, 1.807) is 6.07 Å². The summed E-state index contributed by atoms with van der Waals surface area (Å²) in [6.07, 6.45) is 2.50. The van der Waals surface area contributed by atoms with Crippen molar-refractivity contribution in [2.45, 2.75) is 25.1 Å². The molecular weight excluding hydrogens is 277 g/mol. The van der Waals surface area contributed by atoms with Gasteiger partial charge in [-0.1, -0.05) is 6.92 Å². The molecule has 2 unspecified atom stereocenters. The number of carboxylic acid groups (broad SMARTS) is 1. The first-order valence-electron chi connectivity index (χ1n) is 6.58. The van der Waals surface area contributed by atoms with Crippen molar-refractivity contribution in [3.63, 3.8) is 0 Å². The van der Waals surface area contributed by atoms with Crippen LogP contribution in [-0.2, 0) is 4.79 Å². The quantitative estimate of drug-likeness (QED) is 0.869. The van der Waals surface area contributed by atoms with Crippen LogP contribution in [0.5, 0.6) is 0 Å². The van der Waals surface area contributed by atoms with Crippen molar-refractivity contribution in [1.29, 1.82) is 0 Å². The van der Waals surface area contributed by atoms with E-state index >= 15 is 0 Å². The van der Waals surface area contributed by atoms with Gasteiger partial charge in [-0.05, 0) is 31.2 Å². The van der Waals surface area contributed by atoms with Crippen LogP contribution >= 0.6 is 11.8 Å². The summed E-state index contributed by atoms with van der Waals surface area (Å²) in [6.45, 7) is 5.21. The third kappa shape index (κ3) is 3.33. The molecule has 20 heavy (non-hydrogen) atoms. The van der Waals surface area contributed by atoms with Gasteiger partial charge in [0.2, 0.25) is 0 Å². The second-order valence-electron chi connectivity index (χ2n) is 4.88. The third-order valence-corrected chi connectivity index (χ3v) is 4.93. The van der Waals surface area contributed by atoms with E-state index in [9.17, 15) is 9.18 Å². The van der Waals surface area contributed by atoms with Gasteiger partial charge in [0.1, 0.15) is 5.82 Å². The van der Waals surface area contributed by atoms with E-state index in [4.69, 9.17) is 5.11 Å². The van der Waals surface area contributed by atoms with Crippen LogP contribution in [0.1, 0.15) is 19.4 Å². The maximum Gasteiger partial charge on any atom is 0.328 e. The molecule has 1 aliphatic rings. The van der Waals surface area contributed by atoms with Crippen LogP contribution < -0.4 is 4.90 Å². The summed E-state index contributed by atoms with van der Waals surface area (Å²) < 4.78 is 13.4. The Balaban J connectivity index is 2.37. The lowest BCUT2D eigenvalue weighted by atomic mass is 10.1. The summed E-state index contributed by atoms with van der Waals surface area (Å²) >= 11 is 1.92. The fourth-order valence-electron chi connectivity index (χ4n) is 2.35. The zero-order chi connectivity index (χ0) is 14.7. The summed E-state index contributed by atoms with van der Waals surface area (Å²) in [4.78, 5) is 12.9. The highest BCUT2D eigenvalue weighted by Crippen LogP contribution is 2.32. The largest absolute Gasteiger partial charge is 0.478 e. The fraction of sp³-hybridized carbons (Fsp3) is 0.400. The SMILES string of the molecule is CC1SCCN(c2ccc(F)cc2/C=C/C(=O)O)C1C. The van der Waals surface area contributed by atoms with Gasteiger partial charge in [-0.25, -0.2) is 9.18 Å². The minimum Gasteiger partial charge on any atom is -0.478 e. The van der Waals surface area contributed by atoms with E-state index in [1.165, 1.54) is 18.2 Å². The number of nitrogens with zero attached hydrogens (tertiary/aromatic N) is 1. The maximum atomic E-state index is 13.4. The Labute approximate surface area is 122 Å². The smallest absolute Gasteiger partial charge is 0.328 e. The van der Waals surface area contributed by atoms with Crippen LogP contribution in [0.4, 0.5) is 10.1 Å². The molecule has 0 aromatic heterocycles. The number of hydrogen-bond donors (Lipinski definition) is 1. The molecule has 2 rings (SSSR count). The van der Waals surface area contributed by atoms with E-state index in [2.05, 4.69) is 18.7 Å². The Hall–Kier alpha value is -1.49. The van der Waals surface area contributed by atoms with Gasteiger partial charge in [-0.2, -0.15) is 11.8 Å². The van der Waals surface area contributed by atoms with Gasteiger partial charge in [0.05, 0.1) is 0 Å². The highest BCUT2D eigenvalue weighted by Gasteiger charge is 2.26. The van der Waals surface area contributed by atoms with E-state index in [0.717, 1.165) is 24.1 Å². The van der Waals surface area contributed by atoms with Gasteiger partial charge in [-0.3, -0.25) is 0 Å². The summed E-state index contributed by atoms with van der Waals surface area (Å²) in [6, 6.07) is 4.87. The summed E-state index contributed by atoms with van der Waals surface area (Å²) in [7, 11) is 0. The molecule has 2 atom stereocenters. The average molecular weight is 295 g/mol. The van der Waals surface area contributed by atoms with Gasteiger partial charge < -0.3 is 10.0 Å². The van der Waals surface area contributed by atoms with Crippen molar-refractivity contribution in [1.82, 2.24) is 0 Å². The molecule has 0 saturated carbocycles. The molecule has 0 amide bonds. The van der Waals surface area contributed by atoms with Crippen molar-refractivity contribution >= 4 is 29.5 Å². The van der Waals surface area contributed by atoms with Crippen molar-refractivity contribution in [2.75, 3.05) is 17.2 Å². The lowest BCUT2D eigenvalue weighted by Gasteiger charge is -2.40. The standard InChI is InChI=1S/C15H18FNO2S/c1-10-11(2)20-8-7-17(10)14-5-4-13(16)9-12(14)3-6-15(18)19/h3-6,9-11H,7-8H2,1-2H3,(H,18,19)/b6-3+. The summed E-state index contributed by atoms with van der Waals surface area (Å²) in [5.41, 5.74) is 1.50. The summed E-state index contributed by atoms with van der Waals surface area (Å²) in [5.74, 6) is -0.368. The average Bonchev–Trinajstić information content (AvgIpc) is 2.40. The molecule has 1 saturated heterocycles. The Morgan fingerprint density at radius 3 is 2.95 bits per heavy atom. The predicted molar refractivity (Wildman–Crippen MR) is 81.8 cm³/mol. The molecule has 0 radical (unpaired) electrons. The number of hydrogen-bond acceptors (Lipinski definition) is 3. The van der Waals surface area contributed by atoms with Gasteiger partial charge in [0.15, 0.2) is 0 Å². The first-order valence-corrected chi connectivity index (χ1v) is 7.62. The van der Waals surface area contributed by atoms with E-state index in [0.29, 0.717) is 16.9 Å². The number of halogens is 1. The molecular formula is C15H18FNO2S. The van der Waals surface area contributed by atoms with Crippen molar-refractivity contribution in [3.05, 3.63) is 35.7 Å². The van der Waals surface area contributed by atoms with Crippen LogP contribution in [0.3, 0.4) is 0 Å². The molecule has 1 aromatic carbocycles. The lowest BCUT2D eigenvalue weighted by molar-refractivity contribution is -0.131. The zero-order valence-electron chi connectivity index (χ0n) is 11.5. The summed E-state index contributed by atoms with van der Waals surface area (Å²) in [5, 5.41) is 9.23. The Bertz CT molecular complexity index is 533. The van der Waals surface area contributed by atoms with Gasteiger partial charge in [-0.15, -0.1) is 0 Å². The van der Waals surface area contributed by atoms with Gasteiger partial charge in [0.25, 0.3) is 0 Å². The number of aliphatic carboxylic acids is 1. The van der Waals surface area contributed by atoms with Gasteiger partial charge >= 0.3 is 5.97 Å². The van der Waals surface area contributed by atoms with Crippen LogP contribution in [0.2, 0.25) is 0 Å². The third-order valence-electron chi connectivity index (χ3n) is 3.59. The number of benzene rings is 1. The highest BCUT2D eigenvalue weighted by molar-refractivity contribution is 8.00. The van der Waals surface area contributed by atoms with Crippen molar-refractivity contribution < 1.29 is 14.3 Å². The number of carbonyl (C=O) groups is 1. The molecule has 0 bridgehead atoms. The number of thioether (sulfide) groups is 1. The first kappa shape index (κ1) is 14.9. The second-order valence-corrected chi connectivity index (χ2v) is 6.37. The van der Waals surface area contributed by atoms with Crippen LogP contribution in [-0.4, -0.2) is 34.7 Å². The Kier molecular flexibility index (Phi) is 4.70. The minimum atomic E-state index is -1.03. The topological polar surface area (TPSA) is 40.5 Å². The molecule has 1 fully saturated rings. The Morgan fingerprint density at radius 1 is 1.50 bits per heavy atom. The van der Waals surface area contributed by atoms with Crippen LogP contribution in [0.25, 0.3) is 6.08 Å². The highest BCUT2D eigenvalue weighted by atomic mass is 32.2. The second kappa shape index (κ2) is 6.31. The van der Waals surface area contributed by atoms with E-state index < -0.39 is 5.97 Å². The molecule has 0 spiro atoms.